The molecule has 108 valence electrons. The van der Waals surface area contributed by atoms with E-state index in [2.05, 4.69) is 10.2 Å². The van der Waals surface area contributed by atoms with Crippen LogP contribution >= 0.6 is 0 Å². The van der Waals surface area contributed by atoms with Crippen molar-refractivity contribution in [3.63, 3.8) is 0 Å². The van der Waals surface area contributed by atoms with Crippen LogP contribution in [0.2, 0.25) is 0 Å². The van der Waals surface area contributed by atoms with Crippen LogP contribution in [-0.2, 0) is 10.0 Å². The van der Waals surface area contributed by atoms with Crippen molar-refractivity contribution in [3.05, 3.63) is 24.3 Å². The Hall–Kier alpha value is -1.47. The van der Waals surface area contributed by atoms with Gasteiger partial charge in [0.25, 0.3) is 0 Å². The number of rotatable bonds is 3. The minimum absolute atomic E-state index is 0.0227. The molecule has 0 saturated carbocycles. The van der Waals surface area contributed by atoms with Gasteiger partial charge in [0, 0.05) is 19.0 Å². The topological polar surface area (TPSA) is 82.3 Å². The van der Waals surface area contributed by atoms with Gasteiger partial charge in [-0.2, -0.15) is 14.5 Å². The lowest BCUT2D eigenvalue weighted by Gasteiger charge is -2.32. The third-order valence-corrected chi connectivity index (χ3v) is 6.07. The number of nitrogens with zero attached hydrogens (tertiary/aromatic N) is 3. The normalized spacial score (nSPS) is 22.9. The number of piperidine rings is 1. The van der Waals surface area contributed by atoms with Crippen LogP contribution in [0, 0.1) is 5.92 Å². The van der Waals surface area contributed by atoms with E-state index in [-0.39, 0.29) is 16.3 Å². The molecule has 20 heavy (non-hydrogen) atoms. The van der Waals surface area contributed by atoms with Crippen molar-refractivity contribution in [2.24, 2.45) is 16.1 Å². The molecule has 3 rings (SSSR count). The van der Waals surface area contributed by atoms with E-state index >= 15 is 0 Å². The third kappa shape index (κ3) is 2.20. The van der Waals surface area contributed by atoms with Gasteiger partial charge < -0.3 is 5.11 Å². The number of hydrogen-bond donors (Lipinski definition) is 1. The second-order valence-electron chi connectivity index (χ2n) is 5.44. The van der Waals surface area contributed by atoms with Gasteiger partial charge >= 0.3 is 0 Å². The highest BCUT2D eigenvalue weighted by Gasteiger charge is 2.45. The molecule has 0 bridgehead atoms. The van der Waals surface area contributed by atoms with Gasteiger partial charge in [-0.25, -0.2) is 8.42 Å². The van der Waals surface area contributed by atoms with Crippen molar-refractivity contribution in [3.8, 4) is 5.75 Å². The van der Waals surface area contributed by atoms with Gasteiger partial charge in [0.05, 0.1) is 0 Å². The molecule has 2 heterocycles. The zero-order valence-corrected chi connectivity index (χ0v) is 12.0. The summed E-state index contributed by atoms with van der Waals surface area (Å²) in [4.78, 5) is -0.0227. The highest BCUT2D eigenvalue weighted by Crippen LogP contribution is 2.42. The van der Waals surface area contributed by atoms with E-state index in [9.17, 15) is 13.5 Å². The zero-order chi connectivity index (χ0) is 14.4. The summed E-state index contributed by atoms with van der Waals surface area (Å²) in [5, 5.41) is 17.8. The fraction of sp³-hybridized carbons (Fsp3) is 0.538. The summed E-state index contributed by atoms with van der Waals surface area (Å²) < 4.78 is 26.4. The van der Waals surface area contributed by atoms with Crippen LogP contribution in [0.4, 0.5) is 0 Å². The predicted octanol–water partition coefficient (Wildman–Crippen LogP) is 1.97. The van der Waals surface area contributed by atoms with Gasteiger partial charge in [-0.05, 0) is 31.9 Å². The molecule has 0 amide bonds. The van der Waals surface area contributed by atoms with Crippen molar-refractivity contribution in [2.45, 2.75) is 30.3 Å². The van der Waals surface area contributed by atoms with Crippen molar-refractivity contribution >= 4 is 10.0 Å². The monoisotopic (exact) mass is 295 g/mol. The minimum Gasteiger partial charge on any atom is -0.507 e. The molecule has 6 nitrogen and oxygen atoms in total. The molecule has 0 aromatic heterocycles. The highest BCUT2D eigenvalue weighted by molar-refractivity contribution is 7.89. The van der Waals surface area contributed by atoms with E-state index in [4.69, 9.17) is 0 Å². The molecule has 2 aliphatic rings. The van der Waals surface area contributed by atoms with E-state index in [0.29, 0.717) is 19.0 Å². The molecular formula is C13H17N3O3S. The van der Waals surface area contributed by atoms with E-state index < -0.39 is 10.0 Å². The average Bonchev–Trinajstić information content (AvgIpc) is 3.18. The maximum atomic E-state index is 12.5. The van der Waals surface area contributed by atoms with Crippen molar-refractivity contribution in [1.82, 2.24) is 4.31 Å². The maximum absolute atomic E-state index is 12.5. The molecule has 7 heteroatoms. The van der Waals surface area contributed by atoms with Crippen LogP contribution in [-0.4, -0.2) is 36.6 Å². The van der Waals surface area contributed by atoms with E-state index in [0.717, 1.165) is 12.8 Å². The Morgan fingerprint density at radius 3 is 2.40 bits per heavy atom. The first-order valence-corrected chi connectivity index (χ1v) is 8.10. The predicted molar refractivity (Wildman–Crippen MR) is 72.9 cm³/mol. The number of aromatic hydroxyl groups is 1. The summed E-state index contributed by atoms with van der Waals surface area (Å²) in [7, 11) is -3.62. The van der Waals surface area contributed by atoms with Crippen LogP contribution in [0.1, 0.15) is 19.8 Å². The molecule has 1 N–H and O–H groups in total. The Labute approximate surface area is 118 Å². The van der Waals surface area contributed by atoms with Gasteiger partial charge in [0.1, 0.15) is 10.6 Å². The van der Waals surface area contributed by atoms with Crippen molar-refractivity contribution < 1.29 is 13.5 Å². The summed E-state index contributed by atoms with van der Waals surface area (Å²) in [6.45, 7) is 2.87. The fourth-order valence-corrected chi connectivity index (χ4v) is 4.25. The van der Waals surface area contributed by atoms with Crippen LogP contribution in [0.5, 0.6) is 5.75 Å². The first kappa shape index (κ1) is 13.5. The summed E-state index contributed by atoms with van der Waals surface area (Å²) >= 11 is 0. The lowest BCUT2D eigenvalue weighted by atomic mass is 9.89. The lowest BCUT2D eigenvalue weighted by molar-refractivity contribution is 0.232. The van der Waals surface area contributed by atoms with Crippen LogP contribution in [0.25, 0.3) is 0 Å². The Balaban J connectivity index is 1.76. The van der Waals surface area contributed by atoms with Gasteiger partial charge in [-0.3, -0.25) is 0 Å². The van der Waals surface area contributed by atoms with Gasteiger partial charge in [0.15, 0.2) is 5.66 Å². The molecule has 1 fully saturated rings. The SMILES string of the molecule is CC1(C2CCN(S(=O)(=O)c3ccccc3O)CC2)N=N1. The minimum atomic E-state index is -3.62. The molecule has 0 unspecified atom stereocenters. The Morgan fingerprint density at radius 2 is 1.85 bits per heavy atom. The Kier molecular flexibility index (Phi) is 3.06. The molecular weight excluding hydrogens is 278 g/mol. The Morgan fingerprint density at radius 1 is 1.25 bits per heavy atom. The number of hydrogen-bond acceptors (Lipinski definition) is 5. The van der Waals surface area contributed by atoms with Crippen LogP contribution < -0.4 is 0 Å². The summed E-state index contributed by atoms with van der Waals surface area (Å²) in [5.74, 6) is 0.118. The van der Waals surface area contributed by atoms with Crippen LogP contribution in [0.3, 0.4) is 0 Å². The molecule has 0 aliphatic carbocycles. The Bertz CT molecular complexity index is 643. The number of phenolic OH excluding ortho intramolecular Hbond substituents is 1. The second kappa shape index (κ2) is 4.53. The molecule has 0 radical (unpaired) electrons. The van der Waals surface area contributed by atoms with E-state index in [1.807, 2.05) is 6.92 Å². The summed E-state index contributed by atoms with van der Waals surface area (Å²) in [6, 6.07) is 6.05. The molecule has 1 aromatic rings. The summed E-state index contributed by atoms with van der Waals surface area (Å²) in [5.41, 5.74) is -0.287. The first-order chi connectivity index (χ1) is 9.43. The number of phenols is 1. The van der Waals surface area contributed by atoms with Crippen LogP contribution in [0.15, 0.2) is 39.4 Å². The fourth-order valence-electron chi connectivity index (χ4n) is 2.70. The number of sulfonamides is 1. The van der Waals surface area contributed by atoms with E-state index in [1.54, 1.807) is 12.1 Å². The molecule has 1 aromatic carbocycles. The summed E-state index contributed by atoms with van der Waals surface area (Å²) in [6.07, 6.45) is 1.49. The largest absolute Gasteiger partial charge is 0.507 e. The molecule has 0 spiro atoms. The smallest absolute Gasteiger partial charge is 0.246 e. The molecule has 2 aliphatic heterocycles. The maximum Gasteiger partial charge on any atom is 0.246 e. The van der Waals surface area contributed by atoms with Gasteiger partial charge in [0.2, 0.25) is 10.0 Å². The van der Waals surface area contributed by atoms with E-state index in [1.165, 1.54) is 16.4 Å². The van der Waals surface area contributed by atoms with Gasteiger partial charge in [-0.15, -0.1) is 0 Å². The van der Waals surface area contributed by atoms with Crippen molar-refractivity contribution in [2.75, 3.05) is 13.1 Å². The van der Waals surface area contributed by atoms with Crippen molar-refractivity contribution in [1.29, 1.82) is 0 Å². The average molecular weight is 295 g/mol. The standard InChI is InChI=1S/C13H17N3O3S/c1-13(14-15-13)10-6-8-16(9-7-10)20(18,19)12-5-3-2-4-11(12)17/h2-5,10,17H,6-9H2,1H3. The molecule has 0 atom stereocenters. The van der Waals surface area contributed by atoms with Gasteiger partial charge in [-0.1, -0.05) is 12.1 Å². The zero-order valence-electron chi connectivity index (χ0n) is 11.2. The second-order valence-corrected chi connectivity index (χ2v) is 7.35. The molecule has 1 saturated heterocycles. The number of para-hydroxylation sites is 1. The first-order valence-electron chi connectivity index (χ1n) is 6.66. The quantitative estimate of drug-likeness (QED) is 0.925. The third-order valence-electron chi connectivity index (χ3n) is 4.13. The lowest BCUT2D eigenvalue weighted by Crippen LogP contribution is -2.41. The number of benzene rings is 1. The highest BCUT2D eigenvalue weighted by atomic mass is 32.2.